The van der Waals surface area contributed by atoms with Crippen LogP contribution in [0.1, 0.15) is 33.3 Å². The molecule has 3 heterocycles. The van der Waals surface area contributed by atoms with Gasteiger partial charge in [-0.3, -0.25) is 9.59 Å². The average molecular weight is 456 g/mol. The van der Waals surface area contributed by atoms with E-state index in [1.165, 1.54) is 4.88 Å². The fourth-order valence-corrected chi connectivity index (χ4v) is 5.40. The lowest BCUT2D eigenvalue weighted by atomic mass is 10.0. The number of hydrogen-bond acceptors (Lipinski definition) is 5. The van der Waals surface area contributed by atoms with Crippen LogP contribution in [0.15, 0.2) is 46.3 Å². The van der Waals surface area contributed by atoms with E-state index in [-0.39, 0.29) is 17.7 Å². The lowest BCUT2D eigenvalue weighted by molar-refractivity contribution is -0.134. The minimum Gasteiger partial charge on any atom is -0.360 e. The molecule has 2 aliphatic rings. The van der Waals surface area contributed by atoms with Gasteiger partial charge in [0.15, 0.2) is 0 Å². The third kappa shape index (κ3) is 3.77. The topological polar surface area (TPSA) is 66.7 Å². The first-order valence-electron chi connectivity index (χ1n) is 10.4. The maximum atomic E-state index is 13.3. The number of halogens is 1. The highest BCUT2D eigenvalue weighted by Crippen LogP contribution is 2.50. The lowest BCUT2D eigenvalue weighted by Gasteiger charge is -2.35. The Labute approximate surface area is 189 Å². The number of carbonyl (C=O) groups is 2. The third-order valence-corrected chi connectivity index (χ3v) is 7.43. The van der Waals surface area contributed by atoms with Crippen molar-refractivity contribution in [1.82, 2.24) is 15.0 Å². The van der Waals surface area contributed by atoms with Gasteiger partial charge < -0.3 is 14.3 Å². The molecule has 1 saturated carbocycles. The summed E-state index contributed by atoms with van der Waals surface area (Å²) in [4.78, 5) is 31.2. The molecule has 8 heteroatoms. The maximum absolute atomic E-state index is 13.3. The van der Waals surface area contributed by atoms with Crippen molar-refractivity contribution in [3.63, 3.8) is 0 Å². The second-order valence-electron chi connectivity index (χ2n) is 8.02. The van der Waals surface area contributed by atoms with Gasteiger partial charge in [-0.1, -0.05) is 41.0 Å². The standard InChI is InChI=1S/C23H22ClN3O3S/c1-14-20(21(25-30-14)15-5-2-3-6-18(15)24)23(29)27-10-8-26(9-11-27)22(28)17-13-16(17)19-7-4-12-31-19/h2-7,12,16-17H,8-11,13H2,1H3/t16-,17-/m0/s1. The molecule has 2 aromatic heterocycles. The van der Waals surface area contributed by atoms with Crippen molar-refractivity contribution in [1.29, 1.82) is 0 Å². The first-order valence-corrected chi connectivity index (χ1v) is 11.6. The highest BCUT2D eigenvalue weighted by Gasteiger charge is 2.46. The van der Waals surface area contributed by atoms with Crippen molar-refractivity contribution >= 4 is 34.8 Å². The summed E-state index contributed by atoms with van der Waals surface area (Å²) in [6.45, 7) is 3.81. The Morgan fingerprint density at radius 1 is 1.10 bits per heavy atom. The van der Waals surface area contributed by atoms with E-state index in [1.54, 1.807) is 29.2 Å². The second kappa shape index (κ2) is 8.13. The number of rotatable bonds is 4. The maximum Gasteiger partial charge on any atom is 0.259 e. The highest BCUT2D eigenvalue weighted by atomic mass is 35.5. The Morgan fingerprint density at radius 3 is 2.55 bits per heavy atom. The zero-order valence-electron chi connectivity index (χ0n) is 17.1. The Morgan fingerprint density at radius 2 is 1.84 bits per heavy atom. The number of piperazine rings is 1. The van der Waals surface area contributed by atoms with Crippen LogP contribution < -0.4 is 0 Å². The van der Waals surface area contributed by atoms with Crippen LogP contribution in [0, 0.1) is 12.8 Å². The van der Waals surface area contributed by atoms with Gasteiger partial charge in [0.2, 0.25) is 5.91 Å². The van der Waals surface area contributed by atoms with Crippen LogP contribution >= 0.6 is 22.9 Å². The first-order chi connectivity index (χ1) is 15.0. The van der Waals surface area contributed by atoms with Gasteiger partial charge in [0.25, 0.3) is 5.91 Å². The summed E-state index contributed by atoms with van der Waals surface area (Å²) in [6, 6.07) is 11.4. The predicted molar refractivity (Wildman–Crippen MR) is 119 cm³/mol. The number of aromatic nitrogens is 1. The Bertz CT molecular complexity index is 1120. The van der Waals surface area contributed by atoms with Gasteiger partial charge in [0.1, 0.15) is 17.0 Å². The van der Waals surface area contributed by atoms with Crippen molar-refractivity contribution < 1.29 is 14.1 Å². The van der Waals surface area contributed by atoms with E-state index in [2.05, 4.69) is 16.6 Å². The summed E-state index contributed by atoms with van der Waals surface area (Å²) < 4.78 is 5.34. The quantitative estimate of drug-likeness (QED) is 0.582. The summed E-state index contributed by atoms with van der Waals surface area (Å²) in [5.41, 5.74) is 1.57. The minimum absolute atomic E-state index is 0.0908. The van der Waals surface area contributed by atoms with Gasteiger partial charge in [-0.25, -0.2) is 0 Å². The second-order valence-corrected chi connectivity index (χ2v) is 9.41. The SMILES string of the molecule is Cc1onc(-c2ccccc2Cl)c1C(=O)N1CCN(C(=O)[C@H]2C[C@@H]2c2cccs2)CC1. The smallest absolute Gasteiger partial charge is 0.259 e. The van der Waals surface area contributed by atoms with Crippen molar-refractivity contribution in [2.24, 2.45) is 5.92 Å². The predicted octanol–water partition coefficient (Wildman–Crippen LogP) is 4.45. The summed E-state index contributed by atoms with van der Waals surface area (Å²) in [5, 5.41) is 6.68. The molecule has 0 bridgehead atoms. The monoisotopic (exact) mass is 455 g/mol. The van der Waals surface area contributed by atoms with E-state index >= 15 is 0 Å². The van der Waals surface area contributed by atoms with Gasteiger partial charge >= 0.3 is 0 Å². The van der Waals surface area contributed by atoms with Crippen LogP contribution in [0.2, 0.25) is 5.02 Å². The van der Waals surface area contributed by atoms with E-state index in [0.717, 1.165) is 6.42 Å². The van der Waals surface area contributed by atoms with Crippen molar-refractivity contribution in [3.05, 3.63) is 63.0 Å². The summed E-state index contributed by atoms with van der Waals surface area (Å²) >= 11 is 8.04. The number of benzene rings is 1. The molecule has 6 nitrogen and oxygen atoms in total. The lowest BCUT2D eigenvalue weighted by Crippen LogP contribution is -2.51. The molecule has 2 amide bonds. The molecule has 0 unspecified atom stereocenters. The van der Waals surface area contributed by atoms with Crippen molar-refractivity contribution in [2.75, 3.05) is 26.2 Å². The van der Waals surface area contributed by atoms with Crippen molar-refractivity contribution in [3.8, 4) is 11.3 Å². The fourth-order valence-electron chi connectivity index (χ4n) is 4.27. The molecule has 160 valence electrons. The zero-order chi connectivity index (χ0) is 21.5. The molecule has 1 saturated heterocycles. The number of amides is 2. The number of aryl methyl sites for hydroxylation is 1. The Hall–Kier alpha value is -2.64. The summed E-state index contributed by atoms with van der Waals surface area (Å²) in [7, 11) is 0. The molecule has 2 atom stereocenters. The van der Waals surface area contributed by atoms with Crippen LogP contribution in [0.3, 0.4) is 0 Å². The van der Waals surface area contributed by atoms with E-state index in [0.29, 0.717) is 59.7 Å². The normalized spacial score (nSPS) is 20.7. The molecule has 31 heavy (non-hydrogen) atoms. The molecular formula is C23H22ClN3O3S. The van der Waals surface area contributed by atoms with Crippen LogP contribution in [-0.4, -0.2) is 52.9 Å². The molecule has 0 spiro atoms. The fraction of sp³-hybridized carbons (Fsp3) is 0.348. The summed E-state index contributed by atoms with van der Waals surface area (Å²) in [6.07, 6.45) is 0.930. The minimum atomic E-state index is -0.136. The average Bonchev–Trinajstić information content (AvgIpc) is 3.20. The van der Waals surface area contributed by atoms with Crippen LogP contribution in [0.25, 0.3) is 11.3 Å². The third-order valence-electron chi connectivity index (χ3n) is 6.10. The number of nitrogens with zero attached hydrogens (tertiary/aromatic N) is 3. The van der Waals surface area contributed by atoms with E-state index in [4.69, 9.17) is 16.1 Å². The van der Waals surface area contributed by atoms with Crippen molar-refractivity contribution in [2.45, 2.75) is 19.3 Å². The van der Waals surface area contributed by atoms with Gasteiger partial charge in [0.05, 0.1) is 5.02 Å². The zero-order valence-corrected chi connectivity index (χ0v) is 18.7. The molecule has 2 fully saturated rings. The molecular weight excluding hydrogens is 434 g/mol. The molecule has 0 N–H and O–H groups in total. The largest absolute Gasteiger partial charge is 0.360 e. The number of hydrogen-bond donors (Lipinski definition) is 0. The Balaban J connectivity index is 1.26. The van der Waals surface area contributed by atoms with Crippen LogP contribution in [0.4, 0.5) is 0 Å². The number of carbonyl (C=O) groups excluding carboxylic acids is 2. The highest BCUT2D eigenvalue weighted by molar-refractivity contribution is 7.10. The molecule has 1 aliphatic carbocycles. The van der Waals surface area contributed by atoms with Gasteiger partial charge in [-0.2, -0.15) is 0 Å². The van der Waals surface area contributed by atoms with Gasteiger partial charge in [0, 0.05) is 48.5 Å². The first kappa shape index (κ1) is 20.3. The summed E-state index contributed by atoms with van der Waals surface area (Å²) in [5.74, 6) is 1.00. The van der Waals surface area contributed by atoms with Crippen LogP contribution in [-0.2, 0) is 4.79 Å². The Kier molecular flexibility index (Phi) is 5.32. The van der Waals surface area contributed by atoms with Crippen LogP contribution in [0.5, 0.6) is 0 Å². The van der Waals surface area contributed by atoms with E-state index in [1.807, 2.05) is 29.2 Å². The van der Waals surface area contributed by atoms with E-state index in [9.17, 15) is 9.59 Å². The van der Waals surface area contributed by atoms with E-state index < -0.39 is 0 Å². The molecule has 1 aliphatic heterocycles. The molecule has 1 aromatic carbocycles. The molecule has 5 rings (SSSR count). The number of thiophene rings is 1. The van der Waals surface area contributed by atoms with Gasteiger partial charge in [-0.15, -0.1) is 11.3 Å². The van der Waals surface area contributed by atoms with Gasteiger partial charge in [-0.05, 0) is 30.9 Å². The molecule has 3 aromatic rings. The molecule has 0 radical (unpaired) electrons.